The van der Waals surface area contributed by atoms with Gasteiger partial charge in [0.25, 0.3) is 5.97 Å². The maximum atomic E-state index is 10.4. The zero-order chi connectivity index (χ0) is 14.1. The van der Waals surface area contributed by atoms with Crippen LogP contribution < -0.4 is 10.6 Å². The minimum Gasteiger partial charge on any atom is -0.481 e. The Morgan fingerprint density at radius 2 is 1.89 bits per heavy atom. The van der Waals surface area contributed by atoms with E-state index in [1.807, 2.05) is 0 Å². The molecule has 1 aromatic carbocycles. The third-order valence-electron chi connectivity index (χ3n) is 1.68. The molecular weight excluding hydrogens is 260 g/mol. The molecule has 18 heavy (non-hydrogen) atoms. The molecule has 100 valence electrons. The molecule has 0 unspecified atom stereocenters. The first-order valence-electron chi connectivity index (χ1n) is 4.99. The number of benzene rings is 1. The molecule has 6 nitrogen and oxygen atoms in total. The normalized spacial score (nSPS) is 9.06. The van der Waals surface area contributed by atoms with Gasteiger partial charge < -0.3 is 15.5 Å². The van der Waals surface area contributed by atoms with Gasteiger partial charge in [-0.1, -0.05) is 11.6 Å². The molecule has 0 saturated carbocycles. The van der Waals surface area contributed by atoms with E-state index in [0.29, 0.717) is 17.3 Å². The summed E-state index contributed by atoms with van der Waals surface area (Å²) in [6.07, 6.45) is -1.08. The Bertz CT molecular complexity index is 420. The zero-order valence-corrected chi connectivity index (χ0v) is 10.8. The molecule has 0 spiro atoms. The second kappa shape index (κ2) is 8.32. The number of anilines is 1. The van der Waals surface area contributed by atoms with Crippen LogP contribution in [-0.2, 0) is 11.3 Å². The number of hydrogen-bond donors (Lipinski definition) is 4. The lowest BCUT2D eigenvalue weighted by Gasteiger charge is -2.08. The van der Waals surface area contributed by atoms with E-state index in [0.717, 1.165) is 12.5 Å². The average Bonchev–Trinajstić information content (AvgIpc) is 2.21. The van der Waals surface area contributed by atoms with Crippen LogP contribution in [0.1, 0.15) is 12.5 Å². The van der Waals surface area contributed by atoms with Crippen molar-refractivity contribution in [3.8, 4) is 0 Å². The molecule has 0 fully saturated rings. The van der Waals surface area contributed by atoms with Gasteiger partial charge in [0.1, 0.15) is 0 Å². The molecule has 7 heteroatoms. The molecule has 1 rings (SSSR count). The number of hydrogen-bond acceptors (Lipinski definition) is 3. The highest BCUT2D eigenvalue weighted by Gasteiger charge is 2.04. The van der Waals surface area contributed by atoms with Gasteiger partial charge in [-0.25, -0.2) is 4.79 Å². The zero-order valence-electron chi connectivity index (χ0n) is 10.0. The van der Waals surface area contributed by atoms with Gasteiger partial charge in [-0.2, -0.15) is 0 Å². The van der Waals surface area contributed by atoms with E-state index in [1.54, 1.807) is 25.2 Å². The van der Waals surface area contributed by atoms with E-state index < -0.39 is 12.1 Å². The van der Waals surface area contributed by atoms with Gasteiger partial charge in [-0.05, 0) is 30.8 Å². The molecule has 0 heterocycles. The van der Waals surface area contributed by atoms with Crippen molar-refractivity contribution in [3.63, 3.8) is 0 Å². The number of halogens is 1. The number of amides is 1. The first kappa shape index (κ1) is 16.2. The fraction of sp³-hybridized carbons (Fsp3) is 0.273. The van der Waals surface area contributed by atoms with E-state index in [2.05, 4.69) is 10.6 Å². The second-order valence-corrected chi connectivity index (χ2v) is 3.72. The van der Waals surface area contributed by atoms with Gasteiger partial charge in [-0.3, -0.25) is 10.1 Å². The maximum absolute atomic E-state index is 10.4. The van der Waals surface area contributed by atoms with Gasteiger partial charge in [0.15, 0.2) is 0 Å². The molecule has 0 saturated heterocycles. The Kier molecular flexibility index (Phi) is 7.50. The number of carbonyl (C=O) groups is 2. The van der Waals surface area contributed by atoms with Crippen molar-refractivity contribution in [1.82, 2.24) is 5.32 Å². The monoisotopic (exact) mass is 274 g/mol. The van der Waals surface area contributed by atoms with Crippen LogP contribution in [0.5, 0.6) is 0 Å². The summed E-state index contributed by atoms with van der Waals surface area (Å²) >= 11 is 5.79. The number of carboxylic acid groups (broad SMARTS) is 2. The van der Waals surface area contributed by atoms with Crippen molar-refractivity contribution in [2.75, 3.05) is 12.4 Å². The van der Waals surface area contributed by atoms with E-state index in [9.17, 15) is 4.79 Å². The maximum Gasteiger partial charge on any atom is 0.409 e. The van der Waals surface area contributed by atoms with E-state index in [-0.39, 0.29) is 0 Å². The van der Waals surface area contributed by atoms with Gasteiger partial charge in [-0.15, -0.1) is 0 Å². The molecule has 0 radical (unpaired) electrons. The van der Waals surface area contributed by atoms with Crippen molar-refractivity contribution in [1.29, 1.82) is 0 Å². The molecule has 0 aliphatic rings. The number of rotatable bonds is 3. The number of nitrogens with one attached hydrogen (secondary N) is 2. The molecule has 0 aromatic heterocycles. The van der Waals surface area contributed by atoms with Crippen LogP contribution in [0.2, 0.25) is 5.02 Å². The van der Waals surface area contributed by atoms with Crippen LogP contribution in [0.3, 0.4) is 0 Å². The minimum atomic E-state index is -1.08. The fourth-order valence-electron chi connectivity index (χ4n) is 1.14. The van der Waals surface area contributed by atoms with Crippen LogP contribution in [0.25, 0.3) is 0 Å². The predicted octanol–water partition coefficient (Wildman–Crippen LogP) is 2.24. The Labute approximate surface area is 110 Å². The molecule has 0 aliphatic heterocycles. The van der Waals surface area contributed by atoms with Gasteiger partial charge in [0.05, 0.1) is 0 Å². The second-order valence-electron chi connectivity index (χ2n) is 3.28. The third kappa shape index (κ3) is 7.48. The van der Waals surface area contributed by atoms with Gasteiger partial charge in [0, 0.05) is 24.2 Å². The molecule has 0 atom stereocenters. The van der Waals surface area contributed by atoms with Crippen LogP contribution >= 0.6 is 11.6 Å². The van der Waals surface area contributed by atoms with Gasteiger partial charge in [0.2, 0.25) is 0 Å². The summed E-state index contributed by atoms with van der Waals surface area (Å²) in [4.78, 5) is 19.4. The highest BCUT2D eigenvalue weighted by molar-refractivity contribution is 6.30. The Balaban J connectivity index is 0.000000631. The first-order valence-corrected chi connectivity index (χ1v) is 5.37. The molecule has 0 bridgehead atoms. The number of aliphatic carboxylic acids is 1. The summed E-state index contributed by atoms with van der Waals surface area (Å²) in [7, 11) is 1.78. The lowest BCUT2D eigenvalue weighted by Crippen LogP contribution is -2.12. The van der Waals surface area contributed by atoms with E-state index in [4.69, 9.17) is 26.6 Å². The Hall–Kier alpha value is -1.79. The SMILES string of the molecule is CC(=O)O.CNCc1cc(Cl)ccc1NC(=O)O. The van der Waals surface area contributed by atoms with Crippen molar-refractivity contribution in [3.05, 3.63) is 28.8 Å². The average molecular weight is 275 g/mol. The van der Waals surface area contributed by atoms with Crippen LogP contribution in [0.15, 0.2) is 18.2 Å². The van der Waals surface area contributed by atoms with Crippen LogP contribution in [0, 0.1) is 0 Å². The van der Waals surface area contributed by atoms with Gasteiger partial charge >= 0.3 is 6.09 Å². The van der Waals surface area contributed by atoms with Crippen molar-refractivity contribution in [2.24, 2.45) is 0 Å². The minimum absolute atomic E-state index is 0.552. The topological polar surface area (TPSA) is 98.7 Å². The summed E-state index contributed by atoms with van der Waals surface area (Å²) in [5.41, 5.74) is 1.37. The first-order chi connectivity index (χ1) is 8.36. The van der Waals surface area contributed by atoms with Crippen molar-refractivity contribution >= 4 is 29.4 Å². The third-order valence-corrected chi connectivity index (χ3v) is 1.91. The smallest absolute Gasteiger partial charge is 0.409 e. The molecular formula is C11H15ClN2O4. The number of carboxylic acids is 1. The lowest BCUT2D eigenvalue weighted by atomic mass is 10.2. The molecule has 0 aliphatic carbocycles. The van der Waals surface area contributed by atoms with Crippen molar-refractivity contribution in [2.45, 2.75) is 13.5 Å². The summed E-state index contributed by atoms with van der Waals surface area (Å²) in [6.45, 7) is 1.65. The summed E-state index contributed by atoms with van der Waals surface area (Å²) < 4.78 is 0. The summed E-state index contributed by atoms with van der Waals surface area (Å²) in [6, 6.07) is 5.01. The van der Waals surface area contributed by atoms with Crippen LogP contribution in [-0.4, -0.2) is 29.3 Å². The summed E-state index contributed by atoms with van der Waals surface area (Å²) in [5, 5.41) is 21.8. The molecule has 1 aromatic rings. The van der Waals surface area contributed by atoms with E-state index in [1.165, 1.54) is 0 Å². The largest absolute Gasteiger partial charge is 0.481 e. The lowest BCUT2D eigenvalue weighted by molar-refractivity contribution is -0.134. The Morgan fingerprint density at radius 1 is 1.33 bits per heavy atom. The highest BCUT2D eigenvalue weighted by Crippen LogP contribution is 2.20. The molecule has 4 N–H and O–H groups in total. The Morgan fingerprint density at radius 3 is 2.33 bits per heavy atom. The quantitative estimate of drug-likeness (QED) is 0.677. The van der Waals surface area contributed by atoms with Crippen molar-refractivity contribution < 1.29 is 19.8 Å². The van der Waals surface area contributed by atoms with E-state index >= 15 is 0 Å². The standard InChI is InChI=1S/C9H11ClN2O2.C2H4O2/c1-11-5-6-4-7(10)2-3-8(6)12-9(13)14;1-2(3)4/h2-4,11-12H,5H2,1H3,(H,13,14);1H3,(H,3,4). The highest BCUT2D eigenvalue weighted by atomic mass is 35.5. The predicted molar refractivity (Wildman–Crippen MR) is 69.2 cm³/mol. The summed E-state index contributed by atoms with van der Waals surface area (Å²) in [5.74, 6) is -0.833. The fourth-order valence-corrected chi connectivity index (χ4v) is 1.33. The van der Waals surface area contributed by atoms with Crippen LogP contribution in [0.4, 0.5) is 10.5 Å². The molecule has 1 amide bonds.